The molecule has 5 nitrogen and oxygen atoms in total. The maximum absolute atomic E-state index is 6.46. The molecule has 2 saturated carbocycles. The van der Waals surface area contributed by atoms with Crippen LogP contribution in [0, 0.1) is 5.92 Å². The summed E-state index contributed by atoms with van der Waals surface area (Å²) in [6, 6.07) is 8.69. The fourth-order valence-electron chi connectivity index (χ4n) is 4.35. The van der Waals surface area contributed by atoms with Crippen LogP contribution in [0.4, 0.5) is 0 Å². The summed E-state index contributed by atoms with van der Waals surface area (Å²) in [7, 11) is 1.84. The summed E-state index contributed by atoms with van der Waals surface area (Å²) in [5.74, 6) is 2.74. The van der Waals surface area contributed by atoms with E-state index >= 15 is 0 Å². The molecule has 1 aliphatic heterocycles. The van der Waals surface area contributed by atoms with Gasteiger partial charge in [0.25, 0.3) is 0 Å². The predicted octanol–water partition coefficient (Wildman–Crippen LogP) is 3.80. The molecule has 0 radical (unpaired) electrons. The molecule has 0 amide bonds. The van der Waals surface area contributed by atoms with E-state index in [9.17, 15) is 0 Å². The van der Waals surface area contributed by atoms with Gasteiger partial charge in [0.15, 0.2) is 5.96 Å². The first-order valence-corrected chi connectivity index (χ1v) is 10.6. The lowest BCUT2D eigenvalue weighted by Gasteiger charge is -2.40. The van der Waals surface area contributed by atoms with Crippen LogP contribution in [-0.2, 0) is 4.74 Å². The highest BCUT2D eigenvalue weighted by atomic mass is 16.5. The van der Waals surface area contributed by atoms with Crippen molar-refractivity contribution in [3.05, 3.63) is 29.8 Å². The number of para-hydroxylation sites is 1. The minimum atomic E-state index is 0.00151. The molecule has 5 heteroatoms. The molecular weight excluding hydrogens is 338 g/mol. The average Bonchev–Trinajstić information content (AvgIpc) is 3.42. The normalized spacial score (nSPS) is 23.7. The van der Waals surface area contributed by atoms with Crippen LogP contribution in [0.3, 0.4) is 0 Å². The van der Waals surface area contributed by atoms with Gasteiger partial charge in [0.05, 0.1) is 6.04 Å². The standard InChI is InChI=1S/C22H33N3O2/c1-23-21(24-13-6-14-26-16-17-9-10-17)25-19-15-22(11-4-5-12-22)27-20-8-3-2-7-18(19)20/h2-3,7-8,17,19H,4-6,9-16H2,1H3,(H2,23,24,25). The molecule has 27 heavy (non-hydrogen) atoms. The molecule has 1 spiro atoms. The fraction of sp³-hybridized carbons (Fsp3) is 0.682. The Kier molecular flexibility index (Phi) is 5.86. The third-order valence-corrected chi connectivity index (χ3v) is 6.05. The maximum atomic E-state index is 6.46. The Morgan fingerprint density at radius 2 is 2.07 bits per heavy atom. The summed E-state index contributed by atoms with van der Waals surface area (Å²) < 4.78 is 12.2. The number of nitrogens with zero attached hydrogens (tertiary/aromatic N) is 1. The van der Waals surface area contributed by atoms with Crippen molar-refractivity contribution >= 4 is 5.96 Å². The lowest BCUT2D eigenvalue weighted by Crippen LogP contribution is -2.46. The molecule has 148 valence electrons. The smallest absolute Gasteiger partial charge is 0.191 e. The maximum Gasteiger partial charge on any atom is 0.191 e. The van der Waals surface area contributed by atoms with Gasteiger partial charge in [0.2, 0.25) is 0 Å². The van der Waals surface area contributed by atoms with Crippen molar-refractivity contribution in [2.75, 3.05) is 26.8 Å². The molecule has 0 bridgehead atoms. The monoisotopic (exact) mass is 371 g/mol. The largest absolute Gasteiger partial charge is 0.487 e. The third-order valence-electron chi connectivity index (χ3n) is 6.05. The zero-order valence-corrected chi connectivity index (χ0v) is 16.5. The molecule has 2 N–H and O–H groups in total. The number of guanidine groups is 1. The molecule has 2 aliphatic carbocycles. The van der Waals surface area contributed by atoms with Gasteiger partial charge in [-0.25, -0.2) is 0 Å². The van der Waals surface area contributed by atoms with Crippen LogP contribution in [0.2, 0.25) is 0 Å². The minimum absolute atomic E-state index is 0.00151. The summed E-state index contributed by atoms with van der Waals surface area (Å²) in [4.78, 5) is 4.44. The van der Waals surface area contributed by atoms with Gasteiger partial charge in [-0.3, -0.25) is 4.99 Å². The quantitative estimate of drug-likeness (QED) is 0.435. The van der Waals surface area contributed by atoms with Gasteiger partial charge in [0.1, 0.15) is 11.4 Å². The number of ether oxygens (including phenoxy) is 2. The minimum Gasteiger partial charge on any atom is -0.487 e. The Morgan fingerprint density at radius 3 is 2.85 bits per heavy atom. The number of hydrogen-bond donors (Lipinski definition) is 2. The SMILES string of the molecule is CN=C(NCCCOCC1CC1)NC1CC2(CCCC2)Oc2ccccc21. The first-order chi connectivity index (χ1) is 13.3. The summed E-state index contributed by atoms with van der Waals surface area (Å²) in [5.41, 5.74) is 1.24. The van der Waals surface area contributed by atoms with Crippen molar-refractivity contribution in [1.29, 1.82) is 0 Å². The highest BCUT2D eigenvalue weighted by Gasteiger charge is 2.43. The van der Waals surface area contributed by atoms with Crippen LogP contribution < -0.4 is 15.4 Å². The van der Waals surface area contributed by atoms with Crippen LogP contribution in [0.25, 0.3) is 0 Å². The van der Waals surface area contributed by atoms with Gasteiger partial charge in [-0.15, -0.1) is 0 Å². The molecule has 1 heterocycles. The molecule has 1 atom stereocenters. The van der Waals surface area contributed by atoms with E-state index in [1.807, 2.05) is 7.05 Å². The molecule has 3 aliphatic rings. The van der Waals surface area contributed by atoms with Crippen LogP contribution in [0.15, 0.2) is 29.3 Å². The Morgan fingerprint density at radius 1 is 1.26 bits per heavy atom. The van der Waals surface area contributed by atoms with Gasteiger partial charge >= 0.3 is 0 Å². The van der Waals surface area contributed by atoms with Crippen LogP contribution >= 0.6 is 0 Å². The molecule has 1 aromatic carbocycles. The first-order valence-electron chi connectivity index (χ1n) is 10.6. The first kappa shape index (κ1) is 18.6. The molecule has 1 aromatic rings. The van der Waals surface area contributed by atoms with E-state index in [1.54, 1.807) is 0 Å². The predicted molar refractivity (Wildman–Crippen MR) is 108 cm³/mol. The number of benzene rings is 1. The summed E-state index contributed by atoms with van der Waals surface area (Å²) in [5, 5.41) is 7.10. The van der Waals surface area contributed by atoms with E-state index in [4.69, 9.17) is 9.47 Å². The number of nitrogens with one attached hydrogen (secondary N) is 2. The second-order valence-electron chi connectivity index (χ2n) is 8.30. The van der Waals surface area contributed by atoms with Gasteiger partial charge in [-0.2, -0.15) is 0 Å². The van der Waals surface area contributed by atoms with Crippen LogP contribution in [0.1, 0.15) is 63.0 Å². The third kappa shape index (κ3) is 4.75. The van der Waals surface area contributed by atoms with E-state index in [-0.39, 0.29) is 11.6 Å². The summed E-state index contributed by atoms with van der Waals surface area (Å²) in [6.45, 7) is 2.64. The van der Waals surface area contributed by atoms with Crippen molar-refractivity contribution < 1.29 is 9.47 Å². The van der Waals surface area contributed by atoms with E-state index in [0.717, 1.165) is 63.1 Å². The number of hydrogen-bond acceptors (Lipinski definition) is 3. The number of fused-ring (bicyclic) bond motifs is 1. The highest BCUT2D eigenvalue weighted by molar-refractivity contribution is 5.80. The molecule has 0 saturated heterocycles. The van der Waals surface area contributed by atoms with E-state index in [1.165, 1.54) is 31.2 Å². The molecular formula is C22H33N3O2. The van der Waals surface area contributed by atoms with Crippen molar-refractivity contribution in [3.8, 4) is 5.75 Å². The highest BCUT2D eigenvalue weighted by Crippen LogP contribution is 2.46. The molecule has 2 fully saturated rings. The van der Waals surface area contributed by atoms with E-state index in [2.05, 4.69) is 39.9 Å². The molecule has 0 aromatic heterocycles. The Labute approximate surface area is 162 Å². The van der Waals surface area contributed by atoms with Crippen molar-refractivity contribution in [2.24, 2.45) is 10.9 Å². The van der Waals surface area contributed by atoms with Crippen molar-refractivity contribution in [2.45, 2.75) is 63.0 Å². The van der Waals surface area contributed by atoms with Gasteiger partial charge in [0, 0.05) is 38.8 Å². The van der Waals surface area contributed by atoms with Gasteiger partial charge < -0.3 is 20.1 Å². The topological polar surface area (TPSA) is 54.9 Å². The van der Waals surface area contributed by atoms with E-state index < -0.39 is 0 Å². The van der Waals surface area contributed by atoms with Crippen molar-refractivity contribution in [3.63, 3.8) is 0 Å². The zero-order valence-electron chi connectivity index (χ0n) is 16.5. The Hall–Kier alpha value is -1.75. The molecule has 4 rings (SSSR count). The summed E-state index contributed by atoms with van der Waals surface area (Å²) >= 11 is 0. The van der Waals surface area contributed by atoms with Crippen LogP contribution in [0.5, 0.6) is 5.75 Å². The zero-order chi connectivity index (χ0) is 18.5. The van der Waals surface area contributed by atoms with Gasteiger partial charge in [-0.1, -0.05) is 18.2 Å². The molecule has 1 unspecified atom stereocenters. The number of aliphatic imine (C=N–C) groups is 1. The second kappa shape index (κ2) is 8.51. The van der Waals surface area contributed by atoms with Crippen molar-refractivity contribution in [1.82, 2.24) is 10.6 Å². The Bertz CT molecular complexity index is 651. The average molecular weight is 372 g/mol. The van der Waals surface area contributed by atoms with Gasteiger partial charge in [-0.05, 0) is 56.9 Å². The Balaban J connectivity index is 1.31. The lowest BCUT2D eigenvalue weighted by atomic mass is 9.86. The lowest BCUT2D eigenvalue weighted by molar-refractivity contribution is 0.0396. The van der Waals surface area contributed by atoms with E-state index in [0.29, 0.717) is 0 Å². The summed E-state index contributed by atoms with van der Waals surface area (Å²) in [6.07, 6.45) is 9.56. The fourth-order valence-corrected chi connectivity index (χ4v) is 4.35. The number of rotatable bonds is 7. The second-order valence-corrected chi connectivity index (χ2v) is 8.30. The van der Waals surface area contributed by atoms with Crippen LogP contribution in [-0.4, -0.2) is 38.4 Å².